The summed E-state index contributed by atoms with van der Waals surface area (Å²) in [5.74, 6) is 1.01. The highest BCUT2D eigenvalue weighted by molar-refractivity contribution is 9.10. The molecular weight excluding hydrogens is 556 g/mol. The Balaban J connectivity index is 1.94. The van der Waals surface area contributed by atoms with Crippen molar-refractivity contribution >= 4 is 39.3 Å². The highest BCUT2D eigenvalue weighted by Crippen LogP contribution is 2.34. The lowest BCUT2D eigenvalue weighted by molar-refractivity contribution is -0.139. The van der Waals surface area contributed by atoms with Crippen LogP contribution in [0.1, 0.15) is 56.3 Å². The summed E-state index contributed by atoms with van der Waals surface area (Å²) in [4.78, 5) is 32.1. The molecule has 0 saturated carbocycles. The van der Waals surface area contributed by atoms with Crippen molar-refractivity contribution in [3.63, 3.8) is 0 Å². The average molecular weight is 586 g/mol. The zero-order valence-corrected chi connectivity index (χ0v) is 24.0. The number of ether oxygens (including phenoxy) is 3. The molecule has 0 fully saturated rings. The number of rotatable bonds is 7. The van der Waals surface area contributed by atoms with Gasteiger partial charge in [0.05, 0.1) is 42.7 Å². The van der Waals surface area contributed by atoms with E-state index >= 15 is 0 Å². The molecule has 1 aliphatic heterocycles. The fourth-order valence-electron chi connectivity index (χ4n) is 4.29. The number of fused-ring (bicyclic) bond motifs is 1. The number of carbonyl (C=O) groups is 1. The molecule has 1 unspecified atom stereocenters. The third kappa shape index (κ3) is 5.15. The van der Waals surface area contributed by atoms with Crippen molar-refractivity contribution in [2.75, 3.05) is 20.8 Å². The summed E-state index contributed by atoms with van der Waals surface area (Å²) < 4.78 is 19.0. The van der Waals surface area contributed by atoms with E-state index in [-0.39, 0.29) is 12.2 Å². The summed E-state index contributed by atoms with van der Waals surface area (Å²) in [6.07, 6.45) is 1.79. The number of benzene rings is 2. The summed E-state index contributed by atoms with van der Waals surface area (Å²) in [6.45, 7) is 8.02. The number of thiazole rings is 1. The lowest BCUT2D eigenvalue weighted by Crippen LogP contribution is -2.39. The molecule has 0 amide bonds. The van der Waals surface area contributed by atoms with Crippen molar-refractivity contribution in [1.82, 2.24) is 4.57 Å². The van der Waals surface area contributed by atoms with Gasteiger partial charge in [-0.1, -0.05) is 65.4 Å². The van der Waals surface area contributed by atoms with Gasteiger partial charge in [-0.05, 0) is 54.7 Å². The Labute approximate surface area is 227 Å². The van der Waals surface area contributed by atoms with Crippen LogP contribution in [0.2, 0.25) is 0 Å². The first-order chi connectivity index (χ1) is 17.7. The molecule has 2 heterocycles. The van der Waals surface area contributed by atoms with Crippen LogP contribution in [-0.2, 0) is 9.53 Å². The van der Waals surface area contributed by atoms with Crippen LogP contribution in [0, 0.1) is 0 Å². The van der Waals surface area contributed by atoms with Crippen LogP contribution in [0.25, 0.3) is 6.08 Å². The molecule has 1 aliphatic rings. The Hall–Kier alpha value is -3.17. The van der Waals surface area contributed by atoms with E-state index in [0.717, 1.165) is 15.6 Å². The van der Waals surface area contributed by atoms with Crippen LogP contribution < -0.4 is 24.4 Å². The van der Waals surface area contributed by atoms with E-state index in [1.54, 1.807) is 50.8 Å². The molecule has 37 heavy (non-hydrogen) atoms. The molecule has 1 aromatic heterocycles. The van der Waals surface area contributed by atoms with Crippen molar-refractivity contribution in [1.29, 1.82) is 0 Å². The Kier molecular flexibility index (Phi) is 8.04. The van der Waals surface area contributed by atoms with Crippen LogP contribution in [0.15, 0.2) is 61.9 Å². The average Bonchev–Trinajstić information content (AvgIpc) is 3.18. The van der Waals surface area contributed by atoms with Gasteiger partial charge in [-0.15, -0.1) is 0 Å². The highest BCUT2D eigenvalue weighted by Gasteiger charge is 2.33. The molecule has 0 saturated heterocycles. The smallest absolute Gasteiger partial charge is 0.338 e. The number of carbonyl (C=O) groups excluding carboxylic acids is 1. The minimum Gasteiger partial charge on any atom is -0.493 e. The highest BCUT2D eigenvalue weighted by atomic mass is 79.9. The predicted molar refractivity (Wildman–Crippen MR) is 148 cm³/mol. The van der Waals surface area contributed by atoms with E-state index in [4.69, 9.17) is 14.2 Å². The number of allylic oxidation sites excluding steroid dienone is 1. The minimum atomic E-state index is -0.646. The maximum atomic E-state index is 13.8. The lowest BCUT2D eigenvalue weighted by Gasteiger charge is -2.25. The van der Waals surface area contributed by atoms with E-state index in [9.17, 15) is 9.59 Å². The van der Waals surface area contributed by atoms with Crippen LogP contribution in [0.3, 0.4) is 0 Å². The zero-order chi connectivity index (χ0) is 26.9. The second-order valence-electron chi connectivity index (χ2n) is 8.85. The van der Waals surface area contributed by atoms with Crippen LogP contribution >= 0.6 is 27.3 Å². The van der Waals surface area contributed by atoms with Gasteiger partial charge in [0, 0.05) is 4.47 Å². The van der Waals surface area contributed by atoms with Gasteiger partial charge in [0.2, 0.25) is 0 Å². The van der Waals surface area contributed by atoms with Gasteiger partial charge in [0.25, 0.3) is 5.56 Å². The Morgan fingerprint density at radius 3 is 2.41 bits per heavy atom. The number of nitrogens with zero attached hydrogens (tertiary/aromatic N) is 2. The maximum absolute atomic E-state index is 13.8. The molecule has 0 spiro atoms. The quantitative estimate of drug-likeness (QED) is 0.376. The Morgan fingerprint density at radius 2 is 1.81 bits per heavy atom. The van der Waals surface area contributed by atoms with E-state index in [2.05, 4.69) is 34.8 Å². The topological polar surface area (TPSA) is 79.1 Å². The van der Waals surface area contributed by atoms with Gasteiger partial charge >= 0.3 is 5.97 Å². The van der Waals surface area contributed by atoms with E-state index < -0.39 is 12.0 Å². The van der Waals surface area contributed by atoms with Crippen molar-refractivity contribution in [2.45, 2.75) is 39.7 Å². The summed E-state index contributed by atoms with van der Waals surface area (Å²) in [5, 5.41) is 0. The third-order valence-corrected chi connectivity index (χ3v) is 7.90. The largest absolute Gasteiger partial charge is 0.493 e. The molecule has 0 N–H and O–H groups in total. The number of methoxy groups -OCH3 is 2. The SMILES string of the molecule is CCOC(=O)C1=C(C)N=c2sc(=Cc3cc(OC)c(OC)cc3Br)c(=O)n2C1c1ccc(C(C)C)cc1. The molecule has 0 aliphatic carbocycles. The molecule has 2 aromatic carbocycles. The van der Waals surface area contributed by atoms with Gasteiger partial charge in [0.15, 0.2) is 16.3 Å². The van der Waals surface area contributed by atoms with Gasteiger partial charge in [-0.3, -0.25) is 9.36 Å². The van der Waals surface area contributed by atoms with E-state index in [1.165, 1.54) is 16.9 Å². The predicted octanol–water partition coefficient (Wildman–Crippen LogP) is 4.70. The fraction of sp³-hybridized carbons (Fsp3) is 0.321. The second kappa shape index (κ2) is 11.1. The molecule has 9 heteroatoms. The molecule has 3 aromatic rings. The molecule has 4 rings (SSSR count). The molecule has 0 bridgehead atoms. The molecule has 1 atom stereocenters. The van der Waals surface area contributed by atoms with Crippen LogP contribution in [-0.4, -0.2) is 31.4 Å². The van der Waals surface area contributed by atoms with Gasteiger partial charge in [0.1, 0.15) is 0 Å². The lowest BCUT2D eigenvalue weighted by atomic mass is 9.93. The van der Waals surface area contributed by atoms with Crippen molar-refractivity contribution in [2.24, 2.45) is 4.99 Å². The monoisotopic (exact) mass is 584 g/mol. The van der Waals surface area contributed by atoms with Crippen molar-refractivity contribution in [3.8, 4) is 11.5 Å². The number of hydrogen-bond donors (Lipinski definition) is 0. The first-order valence-corrected chi connectivity index (χ1v) is 13.5. The maximum Gasteiger partial charge on any atom is 0.338 e. The Morgan fingerprint density at radius 1 is 1.16 bits per heavy atom. The normalized spacial score (nSPS) is 15.5. The molecule has 0 radical (unpaired) electrons. The number of halogens is 1. The molecular formula is C28H29BrN2O5S. The standard InChI is InChI=1S/C28H29BrN2O5S/c1-7-36-27(33)24-16(4)30-28-31(25(24)18-10-8-17(9-11-18)15(2)3)26(32)23(37-28)13-19-12-21(34-5)22(35-6)14-20(19)29/h8-15,25H,7H2,1-6H3. The summed E-state index contributed by atoms with van der Waals surface area (Å²) in [5.41, 5.74) is 3.41. The Bertz CT molecular complexity index is 1550. The van der Waals surface area contributed by atoms with Gasteiger partial charge < -0.3 is 14.2 Å². The van der Waals surface area contributed by atoms with Gasteiger partial charge in [-0.25, -0.2) is 9.79 Å². The number of esters is 1. The van der Waals surface area contributed by atoms with Crippen LogP contribution in [0.4, 0.5) is 0 Å². The van der Waals surface area contributed by atoms with Crippen molar-refractivity contribution in [3.05, 3.63) is 88.5 Å². The van der Waals surface area contributed by atoms with Gasteiger partial charge in [-0.2, -0.15) is 0 Å². The van der Waals surface area contributed by atoms with E-state index in [0.29, 0.717) is 38.0 Å². The summed E-state index contributed by atoms with van der Waals surface area (Å²) >= 11 is 4.84. The first kappa shape index (κ1) is 26.9. The number of aromatic nitrogens is 1. The van der Waals surface area contributed by atoms with Crippen molar-refractivity contribution < 1.29 is 19.0 Å². The summed E-state index contributed by atoms with van der Waals surface area (Å²) in [6, 6.07) is 11.0. The third-order valence-electron chi connectivity index (χ3n) is 6.23. The zero-order valence-electron chi connectivity index (χ0n) is 21.6. The van der Waals surface area contributed by atoms with Crippen LogP contribution in [0.5, 0.6) is 11.5 Å². The minimum absolute atomic E-state index is 0.229. The molecule has 7 nitrogen and oxygen atoms in total. The summed E-state index contributed by atoms with van der Waals surface area (Å²) in [7, 11) is 3.13. The first-order valence-electron chi connectivity index (χ1n) is 11.9. The fourth-order valence-corrected chi connectivity index (χ4v) is 5.77. The second-order valence-corrected chi connectivity index (χ2v) is 10.7. The van der Waals surface area contributed by atoms with E-state index in [1.807, 2.05) is 24.3 Å². The molecule has 194 valence electrons. The number of hydrogen-bond acceptors (Lipinski definition) is 7.